The SMILES string of the molecule is O=P.[Ti+4].[c-]1ccccc1.[c-]1ccccc1.[c-]1ccccc1.[c-]1ccccc1. The summed E-state index contributed by atoms with van der Waals surface area (Å²) in [4.78, 5) is 0. The van der Waals surface area contributed by atoms with E-state index in [1.165, 1.54) is 0 Å². The number of benzene rings is 4. The van der Waals surface area contributed by atoms with E-state index in [0.29, 0.717) is 0 Å². The van der Waals surface area contributed by atoms with Gasteiger partial charge in [-0.05, 0) is 0 Å². The molecule has 0 radical (unpaired) electrons. The number of hydrogen-bond donors (Lipinski definition) is 0. The minimum Gasteiger partial charge on any atom is -0.279 e. The predicted molar refractivity (Wildman–Crippen MR) is 110 cm³/mol. The molecule has 0 N–H and O–H groups in total. The second-order valence-corrected chi connectivity index (χ2v) is 4.31. The van der Waals surface area contributed by atoms with E-state index in [-0.39, 0.29) is 21.7 Å². The zero-order valence-electron chi connectivity index (χ0n) is 15.0. The van der Waals surface area contributed by atoms with Gasteiger partial charge in [0.1, 0.15) is 9.12 Å². The van der Waals surface area contributed by atoms with Gasteiger partial charge in [-0.1, -0.05) is 0 Å². The molecule has 0 aliphatic carbocycles. The fourth-order valence-corrected chi connectivity index (χ4v) is 1.37. The summed E-state index contributed by atoms with van der Waals surface area (Å²) in [6.07, 6.45) is 0. The van der Waals surface area contributed by atoms with Crippen LogP contribution in [-0.2, 0) is 26.3 Å². The van der Waals surface area contributed by atoms with Gasteiger partial charge >= 0.3 is 21.7 Å². The van der Waals surface area contributed by atoms with E-state index in [2.05, 4.69) is 24.3 Å². The van der Waals surface area contributed by atoms with Crippen molar-refractivity contribution in [1.82, 2.24) is 0 Å². The Bertz CT molecular complexity index is 447. The molecule has 3 heteroatoms. The molecule has 132 valence electrons. The quantitative estimate of drug-likeness (QED) is 0.188. The van der Waals surface area contributed by atoms with Gasteiger partial charge in [0.15, 0.2) is 0 Å². The predicted octanol–water partition coefficient (Wildman–Crippen LogP) is 6.42. The topological polar surface area (TPSA) is 17.1 Å². The summed E-state index contributed by atoms with van der Waals surface area (Å²) >= 11 is 0. The summed E-state index contributed by atoms with van der Waals surface area (Å²) in [7, 11) is 1.72. The van der Waals surface area contributed by atoms with E-state index in [4.69, 9.17) is 4.57 Å². The first-order valence-corrected chi connectivity index (χ1v) is 8.26. The van der Waals surface area contributed by atoms with Crippen LogP contribution in [0.15, 0.2) is 121 Å². The van der Waals surface area contributed by atoms with E-state index >= 15 is 0 Å². The van der Waals surface area contributed by atoms with Gasteiger partial charge in [-0.2, -0.15) is 146 Å². The zero-order valence-corrected chi connectivity index (χ0v) is 17.5. The summed E-state index contributed by atoms with van der Waals surface area (Å²) in [6, 6.07) is 50.0. The van der Waals surface area contributed by atoms with Gasteiger partial charge in [0, 0.05) is 0 Å². The molecule has 0 saturated heterocycles. The number of rotatable bonds is 0. The van der Waals surface area contributed by atoms with Crippen molar-refractivity contribution in [3.63, 3.8) is 0 Å². The van der Waals surface area contributed by atoms with Crippen LogP contribution in [0, 0.1) is 24.3 Å². The molecule has 4 aromatic rings. The van der Waals surface area contributed by atoms with Crippen molar-refractivity contribution in [3.05, 3.63) is 146 Å². The van der Waals surface area contributed by atoms with Crippen LogP contribution in [0.3, 0.4) is 0 Å². The Morgan fingerprint density at radius 1 is 0.333 bits per heavy atom. The standard InChI is InChI=1S/4C6H5.HOP.Ti/c4*1-2-4-6-5-3-1;1-2;/h4*1-5H;2H;/q4*-1;;+4. The Morgan fingerprint density at radius 2 is 0.481 bits per heavy atom. The van der Waals surface area contributed by atoms with Crippen LogP contribution in [0.5, 0.6) is 0 Å². The van der Waals surface area contributed by atoms with E-state index in [0.717, 1.165) is 0 Å². The van der Waals surface area contributed by atoms with Crippen molar-refractivity contribution in [1.29, 1.82) is 0 Å². The van der Waals surface area contributed by atoms with Crippen LogP contribution in [0.4, 0.5) is 0 Å². The van der Waals surface area contributed by atoms with Gasteiger partial charge in [-0.3, -0.25) is 4.57 Å². The van der Waals surface area contributed by atoms with Crippen LogP contribution in [0.1, 0.15) is 0 Å². The molecule has 1 nitrogen and oxygen atoms in total. The average molecular weight is 404 g/mol. The monoisotopic (exact) mass is 404 g/mol. The smallest absolute Gasteiger partial charge is 0.279 e. The van der Waals surface area contributed by atoms with Crippen LogP contribution < -0.4 is 0 Å². The molecule has 0 bridgehead atoms. The van der Waals surface area contributed by atoms with E-state index in [1.807, 2.05) is 121 Å². The minimum atomic E-state index is 0. The molecular weight excluding hydrogens is 383 g/mol. The molecule has 0 unspecified atom stereocenters. The second kappa shape index (κ2) is 25.9. The summed E-state index contributed by atoms with van der Waals surface area (Å²) in [5.74, 6) is 0. The maximum atomic E-state index is 8.06. The Balaban J connectivity index is 0. The molecule has 0 saturated carbocycles. The molecule has 0 aliphatic rings. The van der Waals surface area contributed by atoms with Gasteiger partial charge in [-0.25, -0.2) is 0 Å². The summed E-state index contributed by atoms with van der Waals surface area (Å²) in [6.45, 7) is 0. The summed E-state index contributed by atoms with van der Waals surface area (Å²) < 4.78 is 8.06. The first-order chi connectivity index (χ1) is 13.0. The zero-order chi connectivity index (χ0) is 19.0. The molecule has 0 spiro atoms. The van der Waals surface area contributed by atoms with Crippen molar-refractivity contribution < 1.29 is 26.3 Å². The van der Waals surface area contributed by atoms with E-state index < -0.39 is 0 Å². The van der Waals surface area contributed by atoms with Crippen LogP contribution in [0.2, 0.25) is 0 Å². The third kappa shape index (κ3) is 23.7. The van der Waals surface area contributed by atoms with Gasteiger partial charge in [-0.15, -0.1) is 0 Å². The van der Waals surface area contributed by atoms with Crippen LogP contribution >= 0.6 is 9.12 Å². The second-order valence-electron chi connectivity index (χ2n) is 4.31. The van der Waals surface area contributed by atoms with Gasteiger partial charge in [0.05, 0.1) is 0 Å². The molecule has 0 atom stereocenters. The summed E-state index contributed by atoms with van der Waals surface area (Å²) in [5, 5.41) is 0. The van der Waals surface area contributed by atoms with Crippen molar-refractivity contribution >= 4 is 9.12 Å². The first-order valence-electron chi connectivity index (χ1n) is 7.85. The fraction of sp³-hybridized carbons (Fsp3) is 0. The largest absolute Gasteiger partial charge is 4.00 e. The molecule has 0 heterocycles. The molecule has 0 aliphatic heterocycles. The van der Waals surface area contributed by atoms with Crippen molar-refractivity contribution in [2.24, 2.45) is 0 Å². The molecule has 0 amide bonds. The van der Waals surface area contributed by atoms with Crippen LogP contribution in [-0.4, -0.2) is 0 Å². The maximum Gasteiger partial charge on any atom is 4.00 e. The van der Waals surface area contributed by atoms with Crippen molar-refractivity contribution in [3.8, 4) is 0 Å². The normalized spacial score (nSPS) is 7.26. The molecular formula is C24H21OPTi. The Labute approximate surface area is 180 Å². The minimum absolute atomic E-state index is 0. The van der Waals surface area contributed by atoms with Gasteiger partial charge in [0.25, 0.3) is 0 Å². The van der Waals surface area contributed by atoms with Crippen LogP contribution in [0.25, 0.3) is 0 Å². The molecule has 4 rings (SSSR count). The Kier molecular flexibility index (Phi) is 25.9. The number of hydrogen-bond acceptors (Lipinski definition) is 1. The molecule has 0 fully saturated rings. The Hall–Kier alpha value is -2.31. The average Bonchev–Trinajstić information content (AvgIpc) is 2.81. The maximum absolute atomic E-state index is 8.06. The molecule has 27 heavy (non-hydrogen) atoms. The third-order valence-corrected chi connectivity index (χ3v) is 2.43. The molecule has 0 aromatic heterocycles. The first kappa shape index (κ1) is 26.9. The molecule has 4 aromatic carbocycles. The van der Waals surface area contributed by atoms with Gasteiger partial charge < -0.3 is 0 Å². The Morgan fingerprint density at radius 3 is 0.519 bits per heavy atom. The van der Waals surface area contributed by atoms with E-state index in [1.54, 1.807) is 9.12 Å². The van der Waals surface area contributed by atoms with Crippen molar-refractivity contribution in [2.45, 2.75) is 0 Å². The summed E-state index contributed by atoms with van der Waals surface area (Å²) in [5.41, 5.74) is 0. The fourth-order valence-electron chi connectivity index (χ4n) is 1.37. The van der Waals surface area contributed by atoms with Crippen molar-refractivity contribution in [2.75, 3.05) is 0 Å². The third-order valence-electron chi connectivity index (χ3n) is 2.43. The van der Waals surface area contributed by atoms with Gasteiger partial charge in [0.2, 0.25) is 0 Å². The van der Waals surface area contributed by atoms with E-state index in [9.17, 15) is 0 Å².